The molecule has 1 aliphatic rings. The van der Waals surface area contributed by atoms with Gasteiger partial charge in [-0.1, -0.05) is 62.4 Å². The number of likely N-dealkylation sites (tertiary alicyclic amines) is 1. The van der Waals surface area contributed by atoms with Crippen LogP contribution in [0.4, 0.5) is 18.0 Å². The predicted molar refractivity (Wildman–Crippen MR) is 176 cm³/mol. The molecule has 13 nitrogen and oxygen atoms in total. The van der Waals surface area contributed by atoms with Crippen LogP contribution in [0.1, 0.15) is 50.8 Å². The van der Waals surface area contributed by atoms with E-state index in [0.717, 1.165) is 10.2 Å². The van der Waals surface area contributed by atoms with Gasteiger partial charge in [0.2, 0.25) is 17.7 Å². The van der Waals surface area contributed by atoms with Gasteiger partial charge in [0.25, 0.3) is 0 Å². The maximum atomic E-state index is 14.0. The lowest BCUT2D eigenvalue weighted by molar-refractivity contribution is -0.148. The Balaban J connectivity index is 1.47. The fourth-order valence-electron chi connectivity index (χ4n) is 5.76. The van der Waals surface area contributed by atoms with Crippen molar-refractivity contribution in [2.75, 3.05) is 20.2 Å². The number of aliphatic carboxylic acids is 1. The molecular formula is C35H40F3N5O8. The zero-order chi connectivity index (χ0) is 37.3. The molecule has 16 heteroatoms. The normalized spacial score (nSPS) is 15.8. The molecule has 2 N–H and O–H groups in total. The standard InChI is InChI=1S/C35H40F3N5O8/c1-22(2)31(41(3)34(49)51-20-23-12-6-4-7-13-23)33(48)42-17-11-10-16-26(42)32(47)39-25(18-30(45)46)27(44)21-50-29-19-28(35(36,37)38)40-43(29)24-14-8-5-9-15-24/h4-9,12-15,19,22,25-26,31H,10-11,16-18,20-21H2,1-3H3,(H,39,47)(H,45,46)/t25-,26?,31-/m0/s1. The number of nitrogens with one attached hydrogen (secondary N) is 1. The molecule has 274 valence electrons. The average Bonchev–Trinajstić information content (AvgIpc) is 3.55. The van der Waals surface area contributed by atoms with Crippen molar-refractivity contribution in [2.24, 2.45) is 5.92 Å². The van der Waals surface area contributed by atoms with E-state index in [1.54, 1.807) is 56.3 Å². The quantitative estimate of drug-likeness (QED) is 0.246. The third-order valence-corrected chi connectivity index (χ3v) is 8.30. The number of nitrogens with zero attached hydrogens (tertiary/aromatic N) is 4. The summed E-state index contributed by atoms with van der Waals surface area (Å²) in [6, 6.07) is 13.6. The fourth-order valence-corrected chi connectivity index (χ4v) is 5.76. The number of Topliss-reactive ketones (excluding diaryl/α,β-unsaturated/α-hetero) is 1. The number of carbonyl (C=O) groups is 5. The first-order chi connectivity index (χ1) is 24.2. The number of halogens is 3. The van der Waals surface area contributed by atoms with Crippen molar-refractivity contribution >= 4 is 29.7 Å². The van der Waals surface area contributed by atoms with E-state index in [1.165, 1.54) is 29.0 Å². The van der Waals surface area contributed by atoms with Crippen LogP contribution in [-0.2, 0) is 36.7 Å². The summed E-state index contributed by atoms with van der Waals surface area (Å²) >= 11 is 0. The Labute approximate surface area is 292 Å². The minimum Gasteiger partial charge on any atom is -0.481 e. The van der Waals surface area contributed by atoms with E-state index in [-0.39, 0.29) is 25.3 Å². The highest BCUT2D eigenvalue weighted by Crippen LogP contribution is 2.32. The molecule has 1 fully saturated rings. The van der Waals surface area contributed by atoms with Gasteiger partial charge in [0.1, 0.15) is 24.7 Å². The van der Waals surface area contributed by atoms with Gasteiger partial charge in [-0.15, -0.1) is 0 Å². The number of hydrogen-bond acceptors (Lipinski definition) is 8. The van der Waals surface area contributed by atoms with Crippen LogP contribution >= 0.6 is 0 Å². The van der Waals surface area contributed by atoms with Gasteiger partial charge < -0.3 is 24.8 Å². The molecule has 1 aliphatic heterocycles. The number of benzene rings is 2. The summed E-state index contributed by atoms with van der Waals surface area (Å²) in [5.41, 5.74) is -0.313. The smallest absolute Gasteiger partial charge is 0.435 e. The molecule has 0 spiro atoms. The van der Waals surface area contributed by atoms with Crippen LogP contribution in [0, 0.1) is 5.92 Å². The maximum absolute atomic E-state index is 14.0. The molecule has 1 unspecified atom stereocenters. The molecule has 2 aromatic carbocycles. The number of rotatable bonds is 14. The van der Waals surface area contributed by atoms with Crippen molar-refractivity contribution in [1.29, 1.82) is 0 Å². The van der Waals surface area contributed by atoms with Crippen LogP contribution in [0.2, 0.25) is 0 Å². The molecule has 3 aromatic rings. The third-order valence-electron chi connectivity index (χ3n) is 8.30. The van der Waals surface area contributed by atoms with E-state index in [4.69, 9.17) is 9.47 Å². The minimum absolute atomic E-state index is 0.0153. The lowest BCUT2D eigenvalue weighted by atomic mass is 9.95. The minimum atomic E-state index is -4.82. The lowest BCUT2D eigenvalue weighted by Gasteiger charge is -2.40. The summed E-state index contributed by atoms with van der Waals surface area (Å²) < 4.78 is 52.2. The molecule has 2 heterocycles. The van der Waals surface area contributed by atoms with Gasteiger partial charge in [-0.3, -0.25) is 24.1 Å². The predicted octanol–water partition coefficient (Wildman–Crippen LogP) is 4.47. The number of para-hydroxylation sites is 1. The molecule has 3 amide bonds. The highest BCUT2D eigenvalue weighted by atomic mass is 19.4. The average molecular weight is 716 g/mol. The van der Waals surface area contributed by atoms with Crippen molar-refractivity contribution in [3.63, 3.8) is 0 Å². The Hall–Kier alpha value is -5.41. The van der Waals surface area contributed by atoms with E-state index in [2.05, 4.69) is 10.4 Å². The first kappa shape index (κ1) is 38.4. The van der Waals surface area contributed by atoms with Crippen molar-refractivity contribution in [3.05, 3.63) is 78.0 Å². The van der Waals surface area contributed by atoms with Crippen LogP contribution in [0.25, 0.3) is 5.69 Å². The van der Waals surface area contributed by atoms with Gasteiger partial charge in [-0.2, -0.15) is 18.3 Å². The number of piperidine rings is 1. The molecule has 1 aromatic heterocycles. The van der Waals surface area contributed by atoms with Gasteiger partial charge in [-0.25, -0.2) is 9.48 Å². The Morgan fingerprint density at radius 2 is 1.67 bits per heavy atom. The maximum Gasteiger partial charge on any atom is 0.435 e. The van der Waals surface area contributed by atoms with Crippen LogP contribution in [0.15, 0.2) is 66.7 Å². The zero-order valence-corrected chi connectivity index (χ0v) is 28.3. The molecule has 1 saturated heterocycles. The first-order valence-corrected chi connectivity index (χ1v) is 16.3. The SMILES string of the molecule is CC(C)[C@@H](C(=O)N1CCCCC1C(=O)N[C@@H](CC(=O)O)C(=O)COc1cc(C(F)(F)F)nn1-c1ccccc1)N(C)C(=O)OCc1ccccc1. The Kier molecular flexibility index (Phi) is 12.8. The Morgan fingerprint density at radius 3 is 2.27 bits per heavy atom. The highest BCUT2D eigenvalue weighted by Gasteiger charge is 2.41. The Bertz CT molecular complexity index is 1680. The second-order valence-corrected chi connectivity index (χ2v) is 12.4. The summed E-state index contributed by atoms with van der Waals surface area (Å²) in [7, 11) is 1.43. The van der Waals surface area contributed by atoms with E-state index >= 15 is 0 Å². The second-order valence-electron chi connectivity index (χ2n) is 12.4. The van der Waals surface area contributed by atoms with E-state index in [0.29, 0.717) is 18.9 Å². The van der Waals surface area contributed by atoms with Crippen molar-refractivity contribution in [1.82, 2.24) is 24.9 Å². The molecule has 0 aliphatic carbocycles. The topological polar surface area (TPSA) is 160 Å². The molecule has 0 saturated carbocycles. The summed E-state index contributed by atoms with van der Waals surface area (Å²) in [6.07, 6.45) is -5.11. The molecule has 4 rings (SSSR count). The fraction of sp³-hybridized carbons (Fsp3) is 0.429. The molecule has 0 radical (unpaired) electrons. The zero-order valence-electron chi connectivity index (χ0n) is 28.3. The van der Waals surface area contributed by atoms with Crippen LogP contribution in [0.3, 0.4) is 0 Å². The summed E-state index contributed by atoms with van der Waals surface area (Å²) in [5.74, 6) is -4.52. The van der Waals surface area contributed by atoms with Crippen LogP contribution < -0.4 is 10.1 Å². The summed E-state index contributed by atoms with van der Waals surface area (Å²) in [6.45, 7) is 2.74. The highest BCUT2D eigenvalue weighted by molar-refractivity contribution is 5.96. The monoisotopic (exact) mass is 715 g/mol. The van der Waals surface area contributed by atoms with Gasteiger partial charge >= 0.3 is 18.2 Å². The number of aromatic nitrogens is 2. The van der Waals surface area contributed by atoms with Gasteiger partial charge in [0.05, 0.1) is 12.1 Å². The molecule has 51 heavy (non-hydrogen) atoms. The van der Waals surface area contributed by atoms with Gasteiger partial charge in [0, 0.05) is 19.7 Å². The summed E-state index contributed by atoms with van der Waals surface area (Å²) in [5, 5.41) is 15.5. The number of ketones is 1. The first-order valence-electron chi connectivity index (χ1n) is 16.3. The number of ether oxygens (including phenoxy) is 2. The number of alkyl halides is 3. The number of likely N-dealkylation sites (N-methyl/N-ethyl adjacent to an activating group) is 1. The third kappa shape index (κ3) is 10.1. The van der Waals surface area contributed by atoms with Crippen LogP contribution in [-0.4, -0.2) is 92.7 Å². The van der Waals surface area contributed by atoms with E-state index in [1.807, 2.05) is 6.07 Å². The number of amides is 3. The molecular weight excluding hydrogens is 675 g/mol. The van der Waals surface area contributed by atoms with Crippen LogP contribution in [0.5, 0.6) is 5.88 Å². The number of hydrogen-bond donors (Lipinski definition) is 2. The van der Waals surface area contributed by atoms with Gasteiger partial charge in [0.15, 0.2) is 18.1 Å². The number of carboxylic acid groups (broad SMARTS) is 1. The lowest BCUT2D eigenvalue weighted by Crippen LogP contribution is -2.60. The largest absolute Gasteiger partial charge is 0.481 e. The molecule has 3 atom stereocenters. The number of carboxylic acids is 1. The Morgan fingerprint density at radius 1 is 1.02 bits per heavy atom. The van der Waals surface area contributed by atoms with Gasteiger partial charge in [-0.05, 0) is 42.9 Å². The van der Waals surface area contributed by atoms with E-state index < -0.39 is 84.5 Å². The molecule has 0 bridgehead atoms. The second kappa shape index (κ2) is 17.0. The van der Waals surface area contributed by atoms with Crippen molar-refractivity contribution in [2.45, 2.75) is 70.4 Å². The van der Waals surface area contributed by atoms with Crippen molar-refractivity contribution in [3.8, 4) is 11.6 Å². The number of carbonyl (C=O) groups excluding carboxylic acids is 4. The van der Waals surface area contributed by atoms with Crippen molar-refractivity contribution < 1.29 is 51.7 Å². The van der Waals surface area contributed by atoms with E-state index in [9.17, 15) is 42.3 Å². The summed E-state index contributed by atoms with van der Waals surface area (Å²) in [4.78, 5) is 68.1.